The first-order chi connectivity index (χ1) is 12.7. The van der Waals surface area contributed by atoms with Crippen molar-refractivity contribution in [1.29, 1.82) is 0 Å². The minimum Gasteiger partial charge on any atom is -0.388 e. The Hall–Kier alpha value is -2.50. The van der Waals surface area contributed by atoms with Crippen LogP contribution in [0.5, 0.6) is 0 Å². The fourth-order valence-corrected chi connectivity index (χ4v) is 4.14. The van der Waals surface area contributed by atoms with Crippen LogP contribution in [0.3, 0.4) is 0 Å². The Balaban J connectivity index is 2.09. The monoisotopic (exact) mass is 359 g/mol. The van der Waals surface area contributed by atoms with Crippen LogP contribution >= 0.6 is 11.3 Å². The zero-order chi connectivity index (χ0) is 18.4. The number of anilines is 1. The quantitative estimate of drug-likeness (QED) is 0.482. The molecule has 3 rings (SSSR count). The Morgan fingerprint density at radius 1 is 1.12 bits per heavy atom. The molecule has 132 valence electrons. The van der Waals surface area contributed by atoms with E-state index in [1.165, 1.54) is 26.9 Å². The van der Waals surface area contributed by atoms with Gasteiger partial charge in [0, 0.05) is 29.4 Å². The normalized spacial score (nSPS) is 13.3. The van der Waals surface area contributed by atoms with Crippen LogP contribution < -0.4 is 5.32 Å². The van der Waals surface area contributed by atoms with E-state index in [1.54, 1.807) is 11.3 Å². The number of nitrogens with one attached hydrogen (secondary N) is 1. The van der Waals surface area contributed by atoms with Crippen LogP contribution in [-0.4, -0.2) is 7.05 Å². The van der Waals surface area contributed by atoms with Crippen LogP contribution in [0.1, 0.15) is 37.1 Å². The van der Waals surface area contributed by atoms with E-state index in [2.05, 4.69) is 90.1 Å². The van der Waals surface area contributed by atoms with Gasteiger partial charge in [-0.1, -0.05) is 49.4 Å². The Morgan fingerprint density at radius 3 is 2.69 bits per heavy atom. The molecule has 2 aromatic carbocycles. The highest BCUT2D eigenvalue weighted by Crippen LogP contribution is 2.41. The van der Waals surface area contributed by atoms with Crippen molar-refractivity contribution < 1.29 is 0 Å². The molecule has 1 unspecified atom stereocenters. The number of fused-ring (bicyclic) bond motifs is 1. The summed E-state index contributed by atoms with van der Waals surface area (Å²) >= 11 is 1.77. The molecule has 0 spiro atoms. The Labute approximate surface area is 160 Å². The molecule has 26 heavy (non-hydrogen) atoms. The molecule has 0 radical (unpaired) electrons. The van der Waals surface area contributed by atoms with Crippen LogP contribution in [0.25, 0.3) is 16.8 Å². The number of thiophene rings is 1. The van der Waals surface area contributed by atoms with Gasteiger partial charge < -0.3 is 5.32 Å². The van der Waals surface area contributed by atoms with Gasteiger partial charge in [-0.15, -0.1) is 23.2 Å². The number of rotatable bonds is 6. The molecular weight excluding hydrogens is 334 g/mol. The maximum atomic E-state index is 3.40. The highest BCUT2D eigenvalue weighted by molar-refractivity contribution is 7.10. The van der Waals surface area contributed by atoms with E-state index in [0.29, 0.717) is 0 Å². The number of hydrogen-bond acceptors (Lipinski definition) is 2. The molecule has 0 amide bonds. The maximum absolute atomic E-state index is 3.40. The second-order valence-corrected chi connectivity index (χ2v) is 7.72. The molecule has 0 aliphatic carbocycles. The molecular formula is C24H25NS. The molecule has 1 nitrogen and oxygen atoms in total. The van der Waals surface area contributed by atoms with Crippen LogP contribution in [0, 0.1) is 11.8 Å². The van der Waals surface area contributed by atoms with Crippen LogP contribution in [-0.2, 0) is 5.41 Å². The summed E-state index contributed by atoms with van der Waals surface area (Å²) < 4.78 is 0. The van der Waals surface area contributed by atoms with Gasteiger partial charge in [-0.3, -0.25) is 0 Å². The second-order valence-electron chi connectivity index (χ2n) is 6.75. The summed E-state index contributed by atoms with van der Waals surface area (Å²) in [5.74, 6) is 6.43. The zero-order valence-electron chi connectivity index (χ0n) is 15.7. The van der Waals surface area contributed by atoms with Gasteiger partial charge >= 0.3 is 0 Å². The minimum atomic E-state index is -0.0595. The molecule has 0 saturated carbocycles. The Bertz CT molecular complexity index is 957. The number of allylic oxidation sites excluding steroid dienone is 1. The zero-order valence-corrected chi connectivity index (χ0v) is 16.5. The van der Waals surface area contributed by atoms with Gasteiger partial charge in [0.05, 0.1) is 0 Å². The molecule has 0 fully saturated rings. The highest BCUT2D eigenvalue weighted by Gasteiger charge is 2.29. The van der Waals surface area contributed by atoms with Gasteiger partial charge in [0.2, 0.25) is 0 Å². The second kappa shape index (κ2) is 8.25. The Morgan fingerprint density at radius 2 is 1.96 bits per heavy atom. The lowest BCUT2D eigenvalue weighted by Gasteiger charge is -2.31. The summed E-state index contributed by atoms with van der Waals surface area (Å²) in [6.07, 6.45) is 6.31. The lowest BCUT2D eigenvalue weighted by atomic mass is 9.74. The topological polar surface area (TPSA) is 12.0 Å². The van der Waals surface area contributed by atoms with Crippen LogP contribution in [0.2, 0.25) is 0 Å². The van der Waals surface area contributed by atoms with E-state index < -0.39 is 0 Å². The molecule has 1 N–H and O–H groups in total. The summed E-state index contributed by atoms with van der Waals surface area (Å²) in [4.78, 5) is 1.29. The van der Waals surface area contributed by atoms with Crippen molar-refractivity contribution in [3.05, 3.63) is 70.4 Å². The van der Waals surface area contributed by atoms with Crippen molar-refractivity contribution >= 4 is 33.9 Å². The molecule has 0 saturated heterocycles. The van der Waals surface area contributed by atoms with Crippen molar-refractivity contribution in [3.63, 3.8) is 0 Å². The average molecular weight is 360 g/mol. The highest BCUT2D eigenvalue weighted by atomic mass is 32.1. The molecule has 1 atom stereocenters. The average Bonchev–Trinajstić information content (AvgIpc) is 3.19. The van der Waals surface area contributed by atoms with E-state index in [0.717, 1.165) is 12.8 Å². The van der Waals surface area contributed by atoms with Crippen molar-refractivity contribution in [2.24, 2.45) is 0 Å². The third kappa shape index (κ3) is 3.84. The van der Waals surface area contributed by atoms with E-state index in [-0.39, 0.29) is 5.41 Å². The standard InChI is InChI=1S/C24H25NS/c1-4-5-16-24(2,17-8-11-20-12-9-18-26-20)23-21-13-7-6-10-19(21)14-15-22(23)25-3/h6-15,18,25H,16-17H2,1-3H3/b11-8+. The lowest BCUT2D eigenvalue weighted by molar-refractivity contribution is 0.499. The van der Waals surface area contributed by atoms with Gasteiger partial charge in [-0.25, -0.2) is 0 Å². The summed E-state index contributed by atoms with van der Waals surface area (Å²) in [6.45, 7) is 4.25. The first-order valence-electron chi connectivity index (χ1n) is 8.97. The van der Waals surface area contributed by atoms with E-state index in [1.807, 2.05) is 14.0 Å². The molecule has 1 heterocycles. The molecule has 0 aliphatic heterocycles. The fourth-order valence-electron chi connectivity index (χ4n) is 3.50. The third-order valence-corrected chi connectivity index (χ3v) is 5.69. The predicted molar refractivity (Wildman–Crippen MR) is 117 cm³/mol. The van der Waals surface area contributed by atoms with Gasteiger partial charge in [0.25, 0.3) is 0 Å². The molecule has 1 aromatic heterocycles. The summed E-state index contributed by atoms with van der Waals surface area (Å²) in [5, 5.41) is 8.11. The SMILES string of the molecule is CC#CCC(C)(C/C=C/c1cccs1)c1c(NC)ccc2ccccc12. The lowest BCUT2D eigenvalue weighted by Crippen LogP contribution is -2.22. The number of hydrogen-bond donors (Lipinski definition) is 1. The van der Waals surface area contributed by atoms with E-state index >= 15 is 0 Å². The summed E-state index contributed by atoms with van der Waals surface area (Å²) in [7, 11) is 2.00. The smallest absolute Gasteiger partial charge is 0.0382 e. The summed E-state index contributed by atoms with van der Waals surface area (Å²) in [5.41, 5.74) is 2.49. The van der Waals surface area contributed by atoms with Crippen molar-refractivity contribution in [2.45, 2.75) is 32.1 Å². The first-order valence-corrected chi connectivity index (χ1v) is 9.85. The largest absolute Gasteiger partial charge is 0.388 e. The van der Waals surface area contributed by atoms with Crippen molar-refractivity contribution in [3.8, 4) is 11.8 Å². The van der Waals surface area contributed by atoms with Crippen molar-refractivity contribution in [2.75, 3.05) is 12.4 Å². The maximum Gasteiger partial charge on any atom is 0.0382 e. The molecule has 0 aliphatic rings. The molecule has 3 aromatic rings. The van der Waals surface area contributed by atoms with Gasteiger partial charge in [-0.05, 0) is 53.3 Å². The van der Waals surface area contributed by atoms with Crippen LogP contribution in [0.15, 0.2) is 60.0 Å². The molecule has 2 heteroatoms. The minimum absolute atomic E-state index is 0.0595. The first kappa shape index (κ1) is 18.3. The van der Waals surface area contributed by atoms with Gasteiger partial charge in [0.15, 0.2) is 0 Å². The van der Waals surface area contributed by atoms with Crippen molar-refractivity contribution in [1.82, 2.24) is 0 Å². The fraction of sp³-hybridized carbons (Fsp3) is 0.250. The van der Waals surface area contributed by atoms with Gasteiger partial charge in [-0.2, -0.15) is 0 Å². The van der Waals surface area contributed by atoms with Crippen LogP contribution in [0.4, 0.5) is 5.69 Å². The third-order valence-electron chi connectivity index (χ3n) is 4.85. The van der Waals surface area contributed by atoms with Gasteiger partial charge in [0.1, 0.15) is 0 Å². The predicted octanol–water partition coefficient (Wildman–Crippen LogP) is 6.72. The van der Waals surface area contributed by atoms with E-state index in [4.69, 9.17) is 0 Å². The molecule has 0 bridgehead atoms. The number of benzene rings is 2. The Kier molecular flexibility index (Phi) is 5.81. The van der Waals surface area contributed by atoms with E-state index in [9.17, 15) is 0 Å². The summed E-state index contributed by atoms with van der Waals surface area (Å²) in [6, 6.07) is 17.3.